The van der Waals surface area contributed by atoms with Gasteiger partial charge >= 0.3 is 5.97 Å². The molecule has 3 aromatic rings. The van der Waals surface area contributed by atoms with E-state index in [1.54, 1.807) is 31.3 Å². The van der Waals surface area contributed by atoms with Crippen molar-refractivity contribution in [3.05, 3.63) is 86.1 Å². The van der Waals surface area contributed by atoms with Crippen molar-refractivity contribution < 1.29 is 24.1 Å². The summed E-state index contributed by atoms with van der Waals surface area (Å²) in [4.78, 5) is 16.1. The monoisotopic (exact) mass is 587 g/mol. The van der Waals surface area contributed by atoms with Gasteiger partial charge in [0, 0.05) is 40.6 Å². The van der Waals surface area contributed by atoms with Crippen molar-refractivity contribution in [2.75, 3.05) is 13.2 Å². The molecule has 3 rings (SSSR count). The van der Waals surface area contributed by atoms with Gasteiger partial charge in [0.15, 0.2) is 0 Å². The molecule has 0 amide bonds. The van der Waals surface area contributed by atoms with E-state index in [1.807, 2.05) is 25.1 Å². The van der Waals surface area contributed by atoms with Gasteiger partial charge in [-0.2, -0.15) is 5.26 Å². The van der Waals surface area contributed by atoms with Gasteiger partial charge in [-0.15, -0.1) is 0 Å². The van der Waals surface area contributed by atoms with Crippen molar-refractivity contribution in [3.8, 4) is 17.6 Å². The van der Waals surface area contributed by atoms with E-state index in [-0.39, 0.29) is 19.8 Å². The Bertz CT molecular complexity index is 1280. The lowest BCUT2D eigenvalue weighted by atomic mass is 10.1. The van der Waals surface area contributed by atoms with Crippen molar-refractivity contribution in [1.29, 1.82) is 5.26 Å². The van der Waals surface area contributed by atoms with Gasteiger partial charge in [0.25, 0.3) is 0 Å². The van der Waals surface area contributed by atoms with Gasteiger partial charge < -0.3 is 19.3 Å². The lowest BCUT2D eigenvalue weighted by molar-refractivity contribution is -0.146. The van der Waals surface area contributed by atoms with Crippen molar-refractivity contribution in [1.82, 2.24) is 10.3 Å². The first-order valence-electron chi connectivity index (χ1n) is 11.5. The minimum Gasteiger partial charge on any atom is -0.488 e. The molecule has 0 saturated heterocycles. The highest BCUT2D eigenvalue weighted by molar-refractivity contribution is 9.10. The van der Waals surface area contributed by atoms with Gasteiger partial charge in [-0.25, -0.2) is 0 Å². The summed E-state index contributed by atoms with van der Waals surface area (Å²) in [6.07, 6.45) is 3.09. The molecular formula is C27H27BrClN3O5. The van der Waals surface area contributed by atoms with Crippen molar-refractivity contribution in [3.63, 3.8) is 0 Å². The second-order valence-electron chi connectivity index (χ2n) is 8.05. The van der Waals surface area contributed by atoms with Gasteiger partial charge in [0.1, 0.15) is 36.8 Å². The van der Waals surface area contributed by atoms with Gasteiger partial charge in [-0.3, -0.25) is 15.1 Å². The zero-order chi connectivity index (χ0) is 26.8. The number of rotatable bonds is 12. The molecule has 194 valence electrons. The minimum absolute atomic E-state index is 0.142. The summed E-state index contributed by atoms with van der Waals surface area (Å²) < 4.78 is 18.1. The van der Waals surface area contributed by atoms with Crippen LogP contribution < -0.4 is 14.8 Å². The summed E-state index contributed by atoms with van der Waals surface area (Å²) in [5.41, 5.74) is 3.84. The van der Waals surface area contributed by atoms with Crippen LogP contribution in [-0.4, -0.2) is 35.3 Å². The maximum absolute atomic E-state index is 12.1. The molecule has 10 heteroatoms. The third-order valence-corrected chi connectivity index (χ3v) is 6.64. The Hall–Kier alpha value is -3.16. The average molecular weight is 589 g/mol. The molecule has 0 saturated carbocycles. The number of aliphatic hydroxyl groups is 1. The van der Waals surface area contributed by atoms with Crippen LogP contribution in [0, 0.1) is 18.3 Å². The summed E-state index contributed by atoms with van der Waals surface area (Å²) in [7, 11) is 0. The second-order valence-corrected chi connectivity index (χ2v) is 9.31. The van der Waals surface area contributed by atoms with Crippen LogP contribution >= 0.6 is 27.5 Å². The number of aromatic nitrogens is 1. The zero-order valence-corrected chi connectivity index (χ0v) is 22.8. The number of nitrogens with one attached hydrogen (secondary N) is 1. The van der Waals surface area contributed by atoms with Gasteiger partial charge in [0.05, 0.1) is 23.8 Å². The van der Waals surface area contributed by atoms with E-state index in [2.05, 4.69) is 32.3 Å². The highest BCUT2D eigenvalue weighted by Gasteiger charge is 2.20. The SMILES string of the molecule is CCOC(=O)C(CO)NCc1cc(Cl)c(OCc2cccc(Br)c2C)cc1OCc1cncc(C#N)c1. The summed E-state index contributed by atoms with van der Waals surface area (Å²) in [6, 6.07) is 12.1. The molecule has 0 radical (unpaired) electrons. The van der Waals surface area contributed by atoms with E-state index >= 15 is 0 Å². The number of nitrogens with zero attached hydrogens (tertiary/aromatic N) is 2. The van der Waals surface area contributed by atoms with E-state index in [1.165, 1.54) is 6.20 Å². The first-order valence-corrected chi connectivity index (χ1v) is 12.7. The summed E-state index contributed by atoms with van der Waals surface area (Å²) >= 11 is 10.1. The first kappa shape index (κ1) is 28.4. The zero-order valence-electron chi connectivity index (χ0n) is 20.5. The molecule has 0 aliphatic heterocycles. The van der Waals surface area contributed by atoms with Gasteiger partial charge in [-0.1, -0.05) is 39.7 Å². The normalized spacial score (nSPS) is 11.5. The standard InChI is InChI=1S/C27H27BrClN3O5/c1-3-35-27(34)24(14-33)32-13-21-8-23(29)26(37-16-20-5-4-6-22(28)17(20)2)9-25(21)36-15-19-7-18(10-30)11-31-12-19/h4-9,11-12,24,32-33H,3,13-16H2,1-2H3. The van der Waals surface area contributed by atoms with E-state index in [4.69, 9.17) is 31.1 Å². The van der Waals surface area contributed by atoms with E-state index in [9.17, 15) is 9.90 Å². The molecule has 0 aliphatic carbocycles. The van der Waals surface area contributed by atoms with Crippen LogP contribution in [0.4, 0.5) is 0 Å². The quantitative estimate of drug-likeness (QED) is 0.289. The number of aliphatic hydroxyl groups excluding tert-OH is 1. The molecule has 2 N–H and O–H groups in total. The van der Waals surface area contributed by atoms with Gasteiger partial charge in [0.2, 0.25) is 0 Å². The van der Waals surface area contributed by atoms with E-state index < -0.39 is 18.6 Å². The molecule has 0 aliphatic rings. The van der Waals surface area contributed by atoms with Crippen molar-refractivity contribution in [2.45, 2.75) is 39.6 Å². The Morgan fingerprint density at radius 2 is 1.97 bits per heavy atom. The number of ether oxygens (including phenoxy) is 3. The molecule has 1 aromatic heterocycles. The molecule has 8 nitrogen and oxygen atoms in total. The maximum Gasteiger partial charge on any atom is 0.325 e. The number of nitriles is 1. The Morgan fingerprint density at radius 3 is 2.70 bits per heavy atom. The van der Waals surface area contributed by atoms with Crippen LogP contribution in [0.15, 0.2) is 53.3 Å². The number of hydrogen-bond acceptors (Lipinski definition) is 8. The molecule has 37 heavy (non-hydrogen) atoms. The smallest absolute Gasteiger partial charge is 0.325 e. The Balaban J connectivity index is 1.84. The molecular weight excluding hydrogens is 562 g/mol. The third kappa shape index (κ3) is 7.91. The second kappa shape index (κ2) is 14.0. The van der Waals surface area contributed by atoms with E-state index in [0.717, 1.165) is 15.6 Å². The largest absolute Gasteiger partial charge is 0.488 e. The molecule has 1 heterocycles. The fourth-order valence-corrected chi connectivity index (χ4v) is 4.06. The Labute approximate surface area is 229 Å². The topological polar surface area (TPSA) is 114 Å². The summed E-state index contributed by atoms with van der Waals surface area (Å²) in [5.74, 6) is 0.330. The maximum atomic E-state index is 12.1. The molecule has 1 unspecified atom stereocenters. The number of carbonyl (C=O) groups is 1. The lowest BCUT2D eigenvalue weighted by Crippen LogP contribution is -2.40. The van der Waals surface area contributed by atoms with Crippen molar-refractivity contribution in [2.24, 2.45) is 0 Å². The fourth-order valence-electron chi connectivity index (χ4n) is 3.41. The molecule has 0 spiro atoms. The highest BCUT2D eigenvalue weighted by Crippen LogP contribution is 2.34. The molecule has 2 aromatic carbocycles. The molecule has 0 bridgehead atoms. The number of carbonyl (C=O) groups excluding carboxylic acids is 1. The van der Waals surface area contributed by atoms with Crippen LogP contribution in [0.3, 0.4) is 0 Å². The van der Waals surface area contributed by atoms with Crippen LogP contribution in [0.1, 0.15) is 34.7 Å². The number of benzene rings is 2. The third-order valence-electron chi connectivity index (χ3n) is 5.49. The number of hydrogen-bond donors (Lipinski definition) is 2. The number of pyridine rings is 1. The highest BCUT2D eigenvalue weighted by atomic mass is 79.9. The average Bonchev–Trinajstić information content (AvgIpc) is 2.90. The van der Waals surface area contributed by atoms with E-state index in [0.29, 0.717) is 39.8 Å². The van der Waals surface area contributed by atoms with Crippen molar-refractivity contribution >= 4 is 33.5 Å². The van der Waals surface area contributed by atoms with Crippen LogP contribution in [-0.2, 0) is 29.3 Å². The fraction of sp³-hybridized carbons (Fsp3) is 0.296. The summed E-state index contributed by atoms with van der Waals surface area (Å²) in [6.45, 7) is 4.08. The molecule has 1 atom stereocenters. The summed E-state index contributed by atoms with van der Waals surface area (Å²) in [5, 5.41) is 22.1. The van der Waals surface area contributed by atoms with Crippen LogP contribution in [0.5, 0.6) is 11.5 Å². The van der Waals surface area contributed by atoms with Crippen LogP contribution in [0.25, 0.3) is 0 Å². The Kier molecular flexibility index (Phi) is 10.7. The predicted molar refractivity (Wildman–Crippen MR) is 142 cm³/mol. The van der Waals surface area contributed by atoms with Crippen LogP contribution in [0.2, 0.25) is 5.02 Å². The number of esters is 1. The Morgan fingerprint density at radius 1 is 1.19 bits per heavy atom. The first-order chi connectivity index (χ1) is 17.9. The predicted octanol–water partition coefficient (Wildman–Crippen LogP) is 4.85. The number of halogens is 2. The van der Waals surface area contributed by atoms with Gasteiger partial charge in [-0.05, 0) is 43.2 Å². The molecule has 0 fully saturated rings. The minimum atomic E-state index is -0.904. The lowest BCUT2D eigenvalue weighted by Gasteiger charge is -2.19.